The van der Waals surface area contributed by atoms with E-state index < -0.39 is 90.8 Å². The number of hydrogen-bond acceptors (Lipinski definition) is 9. The second kappa shape index (κ2) is 17.8. The number of amides is 4. The maximum atomic E-state index is 12.4. The fourth-order valence-corrected chi connectivity index (χ4v) is 3.15. The molecular weight excluding hydrogens is 528 g/mol. The summed E-state index contributed by atoms with van der Waals surface area (Å²) in [7, 11) is 0. The summed E-state index contributed by atoms with van der Waals surface area (Å²) in [5.74, 6) is -11.1. The highest BCUT2D eigenvalue weighted by Gasteiger charge is 2.31. The zero-order valence-corrected chi connectivity index (χ0v) is 21.0. The van der Waals surface area contributed by atoms with Crippen molar-refractivity contribution in [3.63, 3.8) is 0 Å². The SMILES string of the molecule is CC(=O)N[C@@H](CCC(=O)NCCC(C(=O)O)C(=O)N[C@@H](CCC(=O)N[C@@H](CCC=O)C(=O)O)C(=O)O)C(=O)O. The van der Waals surface area contributed by atoms with Gasteiger partial charge in [-0.25, -0.2) is 14.4 Å². The molecule has 0 spiro atoms. The van der Waals surface area contributed by atoms with Gasteiger partial charge in [-0.1, -0.05) is 0 Å². The summed E-state index contributed by atoms with van der Waals surface area (Å²) in [6.07, 6.45) is -1.93. The average Bonchev–Trinajstić information content (AvgIpc) is 2.83. The van der Waals surface area contributed by atoms with Gasteiger partial charge in [-0.2, -0.15) is 0 Å². The molecule has 0 aliphatic carbocycles. The van der Waals surface area contributed by atoms with Crippen LogP contribution in [0, 0.1) is 5.92 Å². The first-order valence-corrected chi connectivity index (χ1v) is 11.7. The van der Waals surface area contributed by atoms with Gasteiger partial charge in [0.2, 0.25) is 23.6 Å². The van der Waals surface area contributed by atoms with Crippen LogP contribution < -0.4 is 21.3 Å². The maximum absolute atomic E-state index is 12.4. The van der Waals surface area contributed by atoms with Crippen LogP contribution in [0.4, 0.5) is 0 Å². The monoisotopic (exact) mass is 560 g/mol. The zero-order chi connectivity index (χ0) is 30.1. The first kappa shape index (κ1) is 34.4. The van der Waals surface area contributed by atoms with Crippen LogP contribution in [0.15, 0.2) is 0 Å². The highest BCUT2D eigenvalue weighted by molar-refractivity contribution is 5.98. The third kappa shape index (κ3) is 14.7. The number of carboxylic acids is 4. The van der Waals surface area contributed by atoms with Crippen LogP contribution in [-0.4, -0.2) is 98.9 Å². The predicted octanol–water partition coefficient (Wildman–Crippen LogP) is -2.54. The van der Waals surface area contributed by atoms with E-state index in [2.05, 4.69) is 16.0 Å². The number of carbonyl (C=O) groups is 9. The molecule has 0 saturated heterocycles. The van der Waals surface area contributed by atoms with Crippen molar-refractivity contribution in [1.29, 1.82) is 0 Å². The number of aliphatic carboxylic acids is 4. The number of carbonyl (C=O) groups excluding carboxylic acids is 5. The van der Waals surface area contributed by atoms with Crippen molar-refractivity contribution in [3.05, 3.63) is 0 Å². The number of rotatable bonds is 20. The summed E-state index contributed by atoms with van der Waals surface area (Å²) in [6, 6.07) is -4.39. The van der Waals surface area contributed by atoms with Crippen LogP contribution in [0.5, 0.6) is 0 Å². The molecule has 0 rings (SSSR count). The second-order valence-corrected chi connectivity index (χ2v) is 8.30. The molecule has 0 aliphatic rings. The molecule has 0 bridgehead atoms. The lowest BCUT2D eigenvalue weighted by molar-refractivity contribution is -0.150. The minimum absolute atomic E-state index is 0.137. The van der Waals surface area contributed by atoms with E-state index in [0.717, 1.165) is 6.92 Å². The molecule has 39 heavy (non-hydrogen) atoms. The quantitative estimate of drug-likeness (QED) is 0.0563. The van der Waals surface area contributed by atoms with Crippen LogP contribution in [0.1, 0.15) is 51.9 Å². The molecule has 0 aromatic heterocycles. The fraction of sp³-hybridized carbons (Fsp3) is 0.591. The largest absolute Gasteiger partial charge is 0.481 e. The molecule has 1 unspecified atom stereocenters. The zero-order valence-electron chi connectivity index (χ0n) is 21.0. The van der Waals surface area contributed by atoms with Gasteiger partial charge in [-0.05, 0) is 25.7 Å². The molecule has 0 aromatic rings. The molecular formula is C22H32N4O13. The second-order valence-electron chi connectivity index (χ2n) is 8.30. The Labute approximate surface area is 221 Å². The third-order valence-corrected chi connectivity index (χ3v) is 5.19. The lowest BCUT2D eigenvalue weighted by atomic mass is 10.0. The van der Waals surface area contributed by atoms with Crippen molar-refractivity contribution in [1.82, 2.24) is 21.3 Å². The highest BCUT2D eigenvalue weighted by atomic mass is 16.4. The topological polar surface area (TPSA) is 283 Å². The van der Waals surface area contributed by atoms with Crippen molar-refractivity contribution in [2.24, 2.45) is 5.92 Å². The Morgan fingerprint density at radius 2 is 1.13 bits per heavy atom. The van der Waals surface area contributed by atoms with E-state index in [1.165, 1.54) is 0 Å². The van der Waals surface area contributed by atoms with Crippen LogP contribution in [0.2, 0.25) is 0 Å². The highest BCUT2D eigenvalue weighted by Crippen LogP contribution is 2.08. The lowest BCUT2D eigenvalue weighted by Gasteiger charge is -2.19. The van der Waals surface area contributed by atoms with Crippen molar-refractivity contribution >= 4 is 53.8 Å². The van der Waals surface area contributed by atoms with Gasteiger partial charge in [-0.3, -0.25) is 24.0 Å². The Morgan fingerprint density at radius 1 is 0.641 bits per heavy atom. The number of carboxylic acid groups (broad SMARTS) is 4. The van der Waals surface area contributed by atoms with Crippen LogP contribution in [-0.2, 0) is 43.2 Å². The average molecular weight is 561 g/mol. The van der Waals surface area contributed by atoms with Crippen molar-refractivity contribution in [3.8, 4) is 0 Å². The molecule has 0 heterocycles. The van der Waals surface area contributed by atoms with Crippen molar-refractivity contribution in [2.75, 3.05) is 6.54 Å². The minimum Gasteiger partial charge on any atom is -0.481 e. The minimum atomic E-state index is -1.79. The van der Waals surface area contributed by atoms with E-state index in [0.29, 0.717) is 6.29 Å². The molecule has 0 aromatic carbocycles. The molecule has 4 atom stereocenters. The maximum Gasteiger partial charge on any atom is 0.326 e. The standard InChI is InChI=1S/C22H32N4O13/c1-11(28)24-14(21(36)37)4-6-16(29)23-9-8-12(19(32)33)18(31)26-15(22(38)39)5-7-17(30)25-13(20(34)35)3-2-10-27/h10,12-15H,2-9H2,1H3,(H,23,29)(H,24,28)(H,25,30)(H,26,31)(H,32,33)(H,34,35)(H,36,37)(H,38,39)/t12?,13-,14-,15-/m0/s1. The predicted molar refractivity (Wildman–Crippen MR) is 127 cm³/mol. The van der Waals surface area contributed by atoms with Gasteiger partial charge < -0.3 is 46.5 Å². The Balaban J connectivity index is 4.89. The molecule has 0 saturated carbocycles. The molecule has 218 valence electrons. The van der Waals surface area contributed by atoms with Gasteiger partial charge in [-0.15, -0.1) is 0 Å². The Kier molecular flexibility index (Phi) is 15.7. The number of nitrogens with one attached hydrogen (secondary N) is 4. The van der Waals surface area contributed by atoms with Gasteiger partial charge in [0.05, 0.1) is 0 Å². The van der Waals surface area contributed by atoms with Gasteiger partial charge >= 0.3 is 23.9 Å². The summed E-state index contributed by atoms with van der Waals surface area (Å²) in [5, 5.41) is 45.3. The summed E-state index contributed by atoms with van der Waals surface area (Å²) >= 11 is 0. The van der Waals surface area contributed by atoms with Crippen LogP contribution in [0.25, 0.3) is 0 Å². The van der Waals surface area contributed by atoms with E-state index in [9.17, 15) is 53.4 Å². The molecule has 0 radical (unpaired) electrons. The summed E-state index contributed by atoms with van der Waals surface area (Å²) in [5.41, 5.74) is 0. The smallest absolute Gasteiger partial charge is 0.326 e. The van der Waals surface area contributed by atoms with Crippen LogP contribution in [0.3, 0.4) is 0 Å². The molecule has 4 amide bonds. The lowest BCUT2D eigenvalue weighted by Crippen LogP contribution is -2.47. The Morgan fingerprint density at radius 3 is 1.59 bits per heavy atom. The first-order chi connectivity index (χ1) is 18.2. The molecule has 8 N–H and O–H groups in total. The van der Waals surface area contributed by atoms with E-state index in [1.54, 1.807) is 0 Å². The molecule has 0 aliphatic heterocycles. The number of hydrogen-bond donors (Lipinski definition) is 8. The fourth-order valence-electron chi connectivity index (χ4n) is 3.15. The number of aldehydes is 1. The van der Waals surface area contributed by atoms with E-state index in [-0.39, 0.29) is 32.2 Å². The summed E-state index contributed by atoms with van der Waals surface area (Å²) in [4.78, 5) is 103. The van der Waals surface area contributed by atoms with Gasteiger partial charge in [0.25, 0.3) is 0 Å². The van der Waals surface area contributed by atoms with Crippen molar-refractivity contribution < 1.29 is 63.6 Å². The first-order valence-electron chi connectivity index (χ1n) is 11.7. The van der Waals surface area contributed by atoms with Crippen LogP contribution >= 0.6 is 0 Å². The summed E-state index contributed by atoms with van der Waals surface area (Å²) in [6.45, 7) is 0.766. The molecule has 17 nitrogen and oxygen atoms in total. The van der Waals surface area contributed by atoms with Gasteiger partial charge in [0.1, 0.15) is 30.3 Å². The normalized spacial score (nSPS) is 13.5. The van der Waals surface area contributed by atoms with E-state index in [1.807, 2.05) is 5.32 Å². The molecule has 0 fully saturated rings. The van der Waals surface area contributed by atoms with E-state index >= 15 is 0 Å². The van der Waals surface area contributed by atoms with Gasteiger partial charge in [0.15, 0.2) is 0 Å². The van der Waals surface area contributed by atoms with E-state index in [4.69, 9.17) is 10.2 Å². The molecule has 17 heteroatoms. The third-order valence-electron chi connectivity index (χ3n) is 5.19. The van der Waals surface area contributed by atoms with Gasteiger partial charge in [0, 0.05) is 32.7 Å². The van der Waals surface area contributed by atoms with Crippen molar-refractivity contribution in [2.45, 2.75) is 70.0 Å². The summed E-state index contributed by atoms with van der Waals surface area (Å²) < 4.78 is 0. The Hall–Kier alpha value is -4.57. The Bertz CT molecular complexity index is 952.